The number of rotatable bonds is 10. The van der Waals surface area contributed by atoms with E-state index in [0.717, 1.165) is 35.8 Å². The third-order valence-electron chi connectivity index (χ3n) is 5.62. The van der Waals surface area contributed by atoms with Gasteiger partial charge < -0.3 is 26.5 Å². The number of amides is 1. The number of benzene rings is 1. The molecule has 1 atom stereocenters. The molecule has 182 valence electrons. The summed E-state index contributed by atoms with van der Waals surface area (Å²) in [6, 6.07) is 6.44. The summed E-state index contributed by atoms with van der Waals surface area (Å²) in [4.78, 5) is 36.1. The standard InChI is InChI=1S/C22H26N10O3/c1-35-21(34)15(9-10-16-29-31-32-30-16)26-20(33)13-7-5-12(6-8-13)3-2-4-14-11-25-19-17(14)18(23)27-22(24)28-19/h5-8,11,15H,2-4,9-10H2,1H3,(H,26,33)(H,29,30,31,32)(H5,23,24,25,27,28)/t15-/m0/s1. The van der Waals surface area contributed by atoms with E-state index in [1.165, 1.54) is 7.11 Å². The van der Waals surface area contributed by atoms with Gasteiger partial charge in [0.05, 0.1) is 12.5 Å². The highest BCUT2D eigenvalue weighted by Crippen LogP contribution is 2.24. The lowest BCUT2D eigenvalue weighted by Crippen LogP contribution is -2.41. The van der Waals surface area contributed by atoms with Crippen molar-refractivity contribution in [2.75, 3.05) is 18.6 Å². The zero-order chi connectivity index (χ0) is 24.8. The van der Waals surface area contributed by atoms with Crippen LogP contribution < -0.4 is 16.8 Å². The second kappa shape index (κ2) is 10.6. The molecule has 0 fully saturated rings. The van der Waals surface area contributed by atoms with Gasteiger partial charge in [-0.1, -0.05) is 17.3 Å². The highest BCUT2D eigenvalue weighted by atomic mass is 16.5. The number of aryl methyl sites for hydroxylation is 3. The smallest absolute Gasteiger partial charge is 0.328 e. The predicted molar refractivity (Wildman–Crippen MR) is 127 cm³/mol. The van der Waals surface area contributed by atoms with Crippen molar-refractivity contribution in [3.8, 4) is 0 Å². The Kier molecular flexibility index (Phi) is 7.14. The average Bonchev–Trinajstić information content (AvgIpc) is 3.51. The minimum atomic E-state index is -0.825. The van der Waals surface area contributed by atoms with E-state index < -0.39 is 12.0 Å². The van der Waals surface area contributed by atoms with Crippen LogP contribution in [0.25, 0.3) is 11.0 Å². The van der Waals surface area contributed by atoms with Gasteiger partial charge in [0.1, 0.15) is 17.5 Å². The SMILES string of the molecule is COC(=O)[C@H](CCc1nn[nH]n1)NC(=O)c1ccc(CCCc2c[nH]c3nc(N)nc(N)c23)cc1. The molecular weight excluding hydrogens is 452 g/mol. The van der Waals surface area contributed by atoms with Crippen LogP contribution in [0.3, 0.4) is 0 Å². The van der Waals surface area contributed by atoms with Crippen LogP contribution >= 0.6 is 0 Å². The molecule has 3 aromatic heterocycles. The molecule has 0 bridgehead atoms. The number of ether oxygens (including phenoxy) is 1. The first-order valence-corrected chi connectivity index (χ1v) is 11.0. The molecule has 3 heterocycles. The van der Waals surface area contributed by atoms with Gasteiger partial charge in [-0.2, -0.15) is 15.2 Å². The summed E-state index contributed by atoms with van der Waals surface area (Å²) in [6.07, 6.45) is 4.96. The fraction of sp³-hybridized carbons (Fsp3) is 0.318. The van der Waals surface area contributed by atoms with Crippen LogP contribution in [0.1, 0.15) is 40.2 Å². The van der Waals surface area contributed by atoms with Crippen molar-refractivity contribution in [1.82, 2.24) is 40.9 Å². The fourth-order valence-electron chi connectivity index (χ4n) is 3.84. The monoisotopic (exact) mass is 478 g/mol. The number of aromatic amines is 2. The van der Waals surface area contributed by atoms with Crippen LogP contribution in [-0.4, -0.2) is 60.6 Å². The lowest BCUT2D eigenvalue weighted by atomic mass is 10.0. The van der Waals surface area contributed by atoms with E-state index >= 15 is 0 Å². The number of aromatic nitrogens is 7. The molecule has 0 aliphatic heterocycles. The first-order chi connectivity index (χ1) is 16.9. The van der Waals surface area contributed by atoms with Crippen molar-refractivity contribution < 1.29 is 14.3 Å². The molecule has 0 saturated carbocycles. The highest BCUT2D eigenvalue weighted by molar-refractivity contribution is 5.96. The number of nitrogens with one attached hydrogen (secondary N) is 3. The molecule has 1 amide bonds. The Morgan fingerprint density at radius 1 is 1.11 bits per heavy atom. The third kappa shape index (κ3) is 5.69. The summed E-state index contributed by atoms with van der Waals surface area (Å²) in [5.74, 6) is 0.0432. The molecule has 4 rings (SSSR count). The Morgan fingerprint density at radius 2 is 1.91 bits per heavy atom. The molecule has 0 radical (unpaired) electrons. The molecule has 1 aromatic carbocycles. The van der Waals surface area contributed by atoms with E-state index in [1.807, 2.05) is 18.3 Å². The number of nitrogens with two attached hydrogens (primary N) is 2. The van der Waals surface area contributed by atoms with Gasteiger partial charge >= 0.3 is 5.97 Å². The number of H-pyrrole nitrogens is 2. The molecule has 0 aliphatic rings. The number of fused-ring (bicyclic) bond motifs is 1. The molecule has 0 aliphatic carbocycles. The van der Waals surface area contributed by atoms with E-state index in [-0.39, 0.29) is 18.3 Å². The first-order valence-electron chi connectivity index (χ1n) is 11.0. The zero-order valence-electron chi connectivity index (χ0n) is 19.1. The molecule has 35 heavy (non-hydrogen) atoms. The van der Waals surface area contributed by atoms with Crippen molar-refractivity contribution in [2.24, 2.45) is 0 Å². The number of nitrogen functional groups attached to an aromatic ring is 2. The maximum absolute atomic E-state index is 12.7. The van der Waals surface area contributed by atoms with Crippen LogP contribution in [0, 0.1) is 0 Å². The molecule has 0 saturated heterocycles. The number of esters is 1. The number of anilines is 2. The topological polar surface area (TPSA) is 203 Å². The van der Waals surface area contributed by atoms with E-state index in [4.69, 9.17) is 16.2 Å². The van der Waals surface area contributed by atoms with Gasteiger partial charge in [0, 0.05) is 18.2 Å². The minimum Gasteiger partial charge on any atom is -0.467 e. The second-order valence-electron chi connectivity index (χ2n) is 7.97. The molecule has 0 unspecified atom stereocenters. The summed E-state index contributed by atoms with van der Waals surface area (Å²) in [7, 11) is 1.28. The van der Waals surface area contributed by atoms with Crippen molar-refractivity contribution in [3.63, 3.8) is 0 Å². The molecule has 13 heteroatoms. The van der Waals surface area contributed by atoms with Crippen molar-refractivity contribution in [2.45, 2.75) is 38.1 Å². The van der Waals surface area contributed by atoms with Crippen LogP contribution in [0.5, 0.6) is 0 Å². The number of hydrogen-bond donors (Lipinski definition) is 5. The predicted octanol–water partition coefficient (Wildman–Crippen LogP) is 0.715. The number of tetrazole rings is 1. The Morgan fingerprint density at radius 3 is 2.63 bits per heavy atom. The van der Waals surface area contributed by atoms with Crippen molar-refractivity contribution >= 4 is 34.7 Å². The molecule has 7 N–H and O–H groups in total. The molecule has 4 aromatic rings. The lowest BCUT2D eigenvalue weighted by molar-refractivity contribution is -0.143. The van der Waals surface area contributed by atoms with Gasteiger partial charge in [0.25, 0.3) is 5.91 Å². The second-order valence-corrected chi connectivity index (χ2v) is 7.97. The van der Waals surface area contributed by atoms with E-state index in [0.29, 0.717) is 29.3 Å². The van der Waals surface area contributed by atoms with Crippen LogP contribution in [0.2, 0.25) is 0 Å². The number of carbonyl (C=O) groups excluding carboxylic acids is 2. The Labute approximate surface area is 200 Å². The summed E-state index contributed by atoms with van der Waals surface area (Å²) in [5, 5.41) is 17.1. The Balaban J connectivity index is 1.32. The molecular formula is C22H26N10O3. The zero-order valence-corrected chi connectivity index (χ0v) is 19.1. The fourth-order valence-corrected chi connectivity index (χ4v) is 3.84. The van der Waals surface area contributed by atoms with E-state index in [9.17, 15) is 9.59 Å². The van der Waals surface area contributed by atoms with E-state index in [1.54, 1.807) is 12.1 Å². The van der Waals surface area contributed by atoms with Gasteiger partial charge in [0.2, 0.25) is 5.95 Å². The van der Waals surface area contributed by atoms with Gasteiger partial charge in [-0.3, -0.25) is 4.79 Å². The van der Waals surface area contributed by atoms with Crippen LogP contribution in [-0.2, 0) is 28.8 Å². The summed E-state index contributed by atoms with van der Waals surface area (Å²) in [6.45, 7) is 0. The van der Waals surface area contributed by atoms with Gasteiger partial charge in [0.15, 0.2) is 5.82 Å². The number of methoxy groups -OCH3 is 1. The van der Waals surface area contributed by atoms with Gasteiger partial charge in [-0.25, -0.2) is 4.79 Å². The summed E-state index contributed by atoms with van der Waals surface area (Å²) >= 11 is 0. The first kappa shape index (κ1) is 23.6. The largest absolute Gasteiger partial charge is 0.467 e. The molecule has 0 spiro atoms. The van der Waals surface area contributed by atoms with Gasteiger partial charge in [-0.15, -0.1) is 10.2 Å². The Hall–Kier alpha value is -4.55. The molecule has 13 nitrogen and oxygen atoms in total. The van der Waals surface area contributed by atoms with Gasteiger partial charge in [-0.05, 0) is 48.9 Å². The average molecular weight is 479 g/mol. The maximum Gasteiger partial charge on any atom is 0.328 e. The number of carbonyl (C=O) groups is 2. The summed E-state index contributed by atoms with van der Waals surface area (Å²) < 4.78 is 4.81. The van der Waals surface area contributed by atoms with Crippen LogP contribution in [0.4, 0.5) is 11.8 Å². The quantitative estimate of drug-likeness (QED) is 0.202. The minimum absolute atomic E-state index is 0.136. The van der Waals surface area contributed by atoms with Crippen LogP contribution in [0.15, 0.2) is 30.5 Å². The highest BCUT2D eigenvalue weighted by Gasteiger charge is 2.22. The number of hydrogen-bond acceptors (Lipinski definition) is 10. The normalized spacial score (nSPS) is 11.9. The third-order valence-corrected chi connectivity index (χ3v) is 5.62. The lowest BCUT2D eigenvalue weighted by Gasteiger charge is -2.16. The number of nitrogens with zero attached hydrogens (tertiary/aromatic N) is 5. The maximum atomic E-state index is 12.7. The van der Waals surface area contributed by atoms with Crippen molar-refractivity contribution in [1.29, 1.82) is 0 Å². The Bertz CT molecular complexity index is 1300. The van der Waals surface area contributed by atoms with E-state index in [2.05, 4.69) is 40.9 Å². The summed E-state index contributed by atoms with van der Waals surface area (Å²) in [5.41, 5.74) is 14.8. The van der Waals surface area contributed by atoms with Crippen molar-refractivity contribution in [3.05, 3.63) is 53.0 Å².